The molecule has 0 saturated heterocycles. The Morgan fingerprint density at radius 3 is 2.31 bits per heavy atom. The van der Waals surface area contributed by atoms with Gasteiger partial charge in [0.25, 0.3) is 5.91 Å². The van der Waals surface area contributed by atoms with Gasteiger partial charge in [-0.2, -0.15) is 0 Å². The summed E-state index contributed by atoms with van der Waals surface area (Å²) in [6, 6.07) is 11.6. The summed E-state index contributed by atoms with van der Waals surface area (Å²) in [5, 5.41) is 4.83. The maximum Gasteiger partial charge on any atom is 0.313 e. The van der Waals surface area contributed by atoms with Crippen LogP contribution in [0.1, 0.15) is 39.2 Å². The normalized spacial score (nSPS) is 13.3. The molecular formula is C21H27NO4. The first kappa shape index (κ1) is 19.8. The predicted octanol–water partition coefficient (Wildman–Crippen LogP) is 3.66. The van der Waals surface area contributed by atoms with Crippen LogP contribution >= 0.6 is 0 Å². The lowest BCUT2D eigenvalue weighted by Gasteiger charge is -2.18. The molecule has 0 bridgehead atoms. The van der Waals surface area contributed by atoms with E-state index in [4.69, 9.17) is 9.47 Å². The molecule has 2 aromatic carbocycles. The Morgan fingerprint density at radius 2 is 1.65 bits per heavy atom. The number of rotatable bonds is 7. The smallest absolute Gasteiger partial charge is 0.313 e. The molecule has 1 N–H and O–H groups in total. The van der Waals surface area contributed by atoms with Gasteiger partial charge in [0.05, 0.1) is 13.0 Å². The summed E-state index contributed by atoms with van der Waals surface area (Å²) >= 11 is 0. The molecule has 0 aromatic heterocycles. The van der Waals surface area contributed by atoms with Gasteiger partial charge in [0, 0.05) is 6.54 Å². The second-order valence-electron chi connectivity index (χ2n) is 6.91. The van der Waals surface area contributed by atoms with Crippen LogP contribution in [0.25, 0.3) is 10.8 Å². The highest BCUT2D eigenvalue weighted by Crippen LogP contribution is 2.26. The summed E-state index contributed by atoms with van der Waals surface area (Å²) in [5.41, 5.74) is 0.849. The van der Waals surface area contributed by atoms with Crippen molar-refractivity contribution >= 4 is 22.6 Å². The van der Waals surface area contributed by atoms with Crippen molar-refractivity contribution in [3.8, 4) is 5.75 Å². The van der Waals surface area contributed by atoms with Crippen molar-refractivity contribution < 1.29 is 19.1 Å². The highest BCUT2D eigenvalue weighted by molar-refractivity contribution is 5.88. The number of amides is 1. The van der Waals surface area contributed by atoms with Gasteiger partial charge in [-0.3, -0.25) is 9.59 Å². The number of hydrogen-bond acceptors (Lipinski definition) is 4. The van der Waals surface area contributed by atoms with E-state index in [2.05, 4.69) is 5.32 Å². The molecule has 0 spiro atoms. The van der Waals surface area contributed by atoms with E-state index in [1.54, 1.807) is 21.0 Å². The quantitative estimate of drug-likeness (QED) is 0.768. The van der Waals surface area contributed by atoms with Gasteiger partial charge >= 0.3 is 5.97 Å². The molecule has 0 heterocycles. The Balaban J connectivity index is 2.05. The molecule has 2 atom stereocenters. The van der Waals surface area contributed by atoms with Crippen LogP contribution in [0.15, 0.2) is 36.4 Å². The number of ether oxygens (including phenoxy) is 2. The number of methoxy groups -OCH3 is 1. The van der Waals surface area contributed by atoms with Crippen LogP contribution < -0.4 is 10.1 Å². The van der Waals surface area contributed by atoms with E-state index >= 15 is 0 Å². The van der Waals surface area contributed by atoms with E-state index in [0.29, 0.717) is 12.5 Å². The predicted molar refractivity (Wildman–Crippen MR) is 102 cm³/mol. The molecule has 0 aliphatic carbocycles. The lowest BCUT2D eigenvalue weighted by Crippen LogP contribution is -2.38. The second-order valence-corrected chi connectivity index (χ2v) is 6.91. The van der Waals surface area contributed by atoms with Crippen LogP contribution in [0.3, 0.4) is 0 Å². The fourth-order valence-corrected chi connectivity index (χ4v) is 2.55. The molecule has 1 amide bonds. The van der Waals surface area contributed by atoms with E-state index in [9.17, 15) is 9.59 Å². The zero-order valence-corrected chi connectivity index (χ0v) is 16.0. The van der Waals surface area contributed by atoms with Crippen molar-refractivity contribution in [3.05, 3.63) is 42.0 Å². The summed E-state index contributed by atoms with van der Waals surface area (Å²) in [7, 11) is 1.63. The summed E-state index contributed by atoms with van der Waals surface area (Å²) in [6.45, 7) is 7.95. The van der Waals surface area contributed by atoms with Gasteiger partial charge in [0.1, 0.15) is 5.75 Å². The molecule has 0 fully saturated rings. The zero-order chi connectivity index (χ0) is 19.3. The lowest BCUT2D eigenvalue weighted by molar-refractivity contribution is -0.156. The van der Waals surface area contributed by atoms with Gasteiger partial charge in [0.2, 0.25) is 0 Å². The monoisotopic (exact) mass is 357 g/mol. The molecule has 5 nitrogen and oxygen atoms in total. The Hall–Kier alpha value is -2.56. The fraction of sp³-hybridized carbons (Fsp3) is 0.429. The van der Waals surface area contributed by atoms with Crippen LogP contribution in [0.2, 0.25) is 0 Å². The number of esters is 1. The highest BCUT2D eigenvalue weighted by Gasteiger charge is 2.23. The number of benzene rings is 2. The standard InChI is InChI=1S/C21H27NO4/c1-13(2)12-22-20(23)15(4)26-21(24)14(3)16-6-7-18-11-19(25-5)9-8-17(18)10-16/h6-11,13-15H,12H2,1-5H3,(H,22,23)/t14-,15+/m0/s1. The number of carbonyl (C=O) groups is 2. The molecule has 0 aliphatic rings. The van der Waals surface area contributed by atoms with Gasteiger partial charge in [0.15, 0.2) is 6.10 Å². The average molecular weight is 357 g/mol. The van der Waals surface area contributed by atoms with Crippen LogP contribution in [-0.2, 0) is 14.3 Å². The first-order valence-corrected chi connectivity index (χ1v) is 8.87. The Labute approximate surface area is 154 Å². The van der Waals surface area contributed by atoms with Crippen LogP contribution in [0.5, 0.6) is 5.75 Å². The van der Waals surface area contributed by atoms with Gasteiger partial charge in [-0.05, 0) is 48.2 Å². The maximum atomic E-state index is 12.4. The van der Waals surface area contributed by atoms with Crippen molar-refractivity contribution in [2.75, 3.05) is 13.7 Å². The van der Waals surface area contributed by atoms with E-state index in [1.165, 1.54) is 0 Å². The first-order valence-electron chi connectivity index (χ1n) is 8.87. The second kappa shape index (κ2) is 8.70. The highest BCUT2D eigenvalue weighted by atomic mass is 16.5. The Bertz CT molecular complexity index is 785. The Kier molecular flexibility index (Phi) is 6.61. The minimum Gasteiger partial charge on any atom is -0.497 e. The Morgan fingerprint density at radius 1 is 1.00 bits per heavy atom. The third-order valence-electron chi connectivity index (χ3n) is 4.27. The average Bonchev–Trinajstić information content (AvgIpc) is 2.64. The van der Waals surface area contributed by atoms with Crippen molar-refractivity contribution in [2.45, 2.75) is 39.7 Å². The van der Waals surface area contributed by atoms with E-state index in [1.807, 2.05) is 50.2 Å². The number of carbonyl (C=O) groups excluding carboxylic acids is 2. The zero-order valence-electron chi connectivity index (χ0n) is 16.0. The van der Waals surface area contributed by atoms with Crippen molar-refractivity contribution in [1.82, 2.24) is 5.32 Å². The summed E-state index contributed by atoms with van der Waals surface area (Å²) in [6.07, 6.45) is -0.812. The van der Waals surface area contributed by atoms with Crippen LogP contribution in [-0.4, -0.2) is 31.6 Å². The minimum absolute atomic E-state index is 0.273. The minimum atomic E-state index is -0.812. The number of hydrogen-bond donors (Lipinski definition) is 1. The number of fused-ring (bicyclic) bond motifs is 1. The lowest BCUT2D eigenvalue weighted by atomic mass is 9.98. The topological polar surface area (TPSA) is 64.6 Å². The first-order chi connectivity index (χ1) is 12.3. The molecule has 0 aliphatic heterocycles. The number of nitrogens with one attached hydrogen (secondary N) is 1. The van der Waals surface area contributed by atoms with Crippen LogP contribution in [0.4, 0.5) is 0 Å². The van der Waals surface area contributed by atoms with Gasteiger partial charge in [-0.1, -0.05) is 38.1 Å². The SMILES string of the molecule is COc1ccc2cc([C@H](C)C(=O)O[C@H](C)C(=O)NCC(C)C)ccc2c1. The summed E-state index contributed by atoms with van der Waals surface area (Å²) in [4.78, 5) is 24.4. The summed E-state index contributed by atoms with van der Waals surface area (Å²) in [5.74, 6) is -0.00675. The van der Waals surface area contributed by atoms with E-state index in [-0.39, 0.29) is 5.91 Å². The summed E-state index contributed by atoms with van der Waals surface area (Å²) < 4.78 is 10.6. The molecular weight excluding hydrogens is 330 g/mol. The van der Waals surface area contributed by atoms with Crippen LogP contribution in [0, 0.1) is 5.92 Å². The van der Waals surface area contributed by atoms with Crippen molar-refractivity contribution in [2.24, 2.45) is 5.92 Å². The largest absolute Gasteiger partial charge is 0.497 e. The van der Waals surface area contributed by atoms with Gasteiger partial charge in [-0.25, -0.2) is 0 Å². The third-order valence-corrected chi connectivity index (χ3v) is 4.27. The molecule has 2 rings (SSSR count). The van der Waals surface area contributed by atoms with E-state index in [0.717, 1.165) is 22.1 Å². The molecule has 2 aromatic rings. The molecule has 26 heavy (non-hydrogen) atoms. The molecule has 0 unspecified atom stereocenters. The van der Waals surface area contributed by atoms with E-state index < -0.39 is 18.0 Å². The van der Waals surface area contributed by atoms with Gasteiger partial charge in [-0.15, -0.1) is 0 Å². The fourth-order valence-electron chi connectivity index (χ4n) is 2.55. The third kappa shape index (κ3) is 4.97. The molecule has 5 heteroatoms. The molecule has 0 saturated carbocycles. The van der Waals surface area contributed by atoms with Gasteiger partial charge < -0.3 is 14.8 Å². The maximum absolute atomic E-state index is 12.4. The van der Waals surface area contributed by atoms with Crippen molar-refractivity contribution in [3.63, 3.8) is 0 Å². The molecule has 140 valence electrons. The van der Waals surface area contributed by atoms with Crippen molar-refractivity contribution in [1.29, 1.82) is 0 Å². The molecule has 0 radical (unpaired) electrons.